The van der Waals surface area contributed by atoms with Crippen molar-refractivity contribution in [2.45, 2.75) is 27.3 Å². The molecule has 0 radical (unpaired) electrons. The lowest BCUT2D eigenvalue weighted by Crippen LogP contribution is -2.22. The van der Waals surface area contributed by atoms with Gasteiger partial charge < -0.3 is 4.74 Å². The van der Waals surface area contributed by atoms with Gasteiger partial charge in [-0.2, -0.15) is 0 Å². The molecule has 4 aromatic rings. The number of esters is 1. The van der Waals surface area contributed by atoms with Crippen LogP contribution in [-0.2, 0) is 11.3 Å². The number of hydrogen-bond acceptors (Lipinski definition) is 7. The van der Waals surface area contributed by atoms with E-state index < -0.39 is 5.97 Å². The number of benzene rings is 1. The summed E-state index contributed by atoms with van der Waals surface area (Å²) in [4.78, 5) is 39.7. The van der Waals surface area contributed by atoms with Crippen LogP contribution >= 0.6 is 11.3 Å². The normalized spacial score (nSPS) is 11.2. The van der Waals surface area contributed by atoms with E-state index in [9.17, 15) is 9.59 Å². The maximum absolute atomic E-state index is 13.1. The second-order valence-corrected chi connectivity index (χ2v) is 7.38. The average molecular weight is 394 g/mol. The van der Waals surface area contributed by atoms with E-state index in [1.54, 1.807) is 13.8 Å². The molecule has 0 fully saturated rings. The zero-order chi connectivity index (χ0) is 19.8. The molecule has 0 aliphatic rings. The van der Waals surface area contributed by atoms with Crippen molar-refractivity contribution in [3.05, 3.63) is 62.8 Å². The van der Waals surface area contributed by atoms with Crippen LogP contribution in [0.25, 0.3) is 21.3 Å². The largest absolute Gasteiger partial charge is 0.462 e. The number of thiophene rings is 1. The third-order valence-corrected chi connectivity index (χ3v) is 5.72. The second-order valence-electron chi connectivity index (χ2n) is 6.38. The smallest absolute Gasteiger partial charge is 0.348 e. The maximum Gasteiger partial charge on any atom is 0.348 e. The van der Waals surface area contributed by atoms with Crippen LogP contribution in [0.4, 0.5) is 0 Å². The van der Waals surface area contributed by atoms with Gasteiger partial charge in [-0.1, -0.05) is 12.1 Å². The molecule has 0 atom stereocenters. The van der Waals surface area contributed by atoms with Gasteiger partial charge in [0.2, 0.25) is 0 Å². The number of carbonyl (C=O) groups is 1. The Morgan fingerprint density at radius 3 is 2.61 bits per heavy atom. The topological polar surface area (TPSA) is 87.0 Å². The Morgan fingerprint density at radius 1 is 1.18 bits per heavy atom. The number of aromatic nitrogens is 4. The molecule has 0 bridgehead atoms. The Labute approximate surface area is 164 Å². The van der Waals surface area contributed by atoms with Crippen LogP contribution < -0.4 is 5.56 Å². The van der Waals surface area contributed by atoms with E-state index in [4.69, 9.17) is 4.74 Å². The summed E-state index contributed by atoms with van der Waals surface area (Å²) in [7, 11) is 0. The molecule has 0 aliphatic heterocycles. The summed E-state index contributed by atoms with van der Waals surface area (Å²) in [6.45, 7) is 5.92. The zero-order valence-electron chi connectivity index (χ0n) is 15.7. The van der Waals surface area contributed by atoms with Gasteiger partial charge in [-0.05, 0) is 38.5 Å². The Morgan fingerprint density at radius 2 is 1.89 bits per heavy atom. The molecule has 0 spiro atoms. The minimum Gasteiger partial charge on any atom is -0.462 e. The molecule has 0 aliphatic carbocycles. The second kappa shape index (κ2) is 7.12. The van der Waals surface area contributed by atoms with Crippen LogP contribution in [0.5, 0.6) is 0 Å². The Bertz CT molecular complexity index is 1280. The molecule has 0 N–H and O–H groups in total. The molecule has 0 saturated carbocycles. The van der Waals surface area contributed by atoms with Crippen molar-refractivity contribution in [1.82, 2.24) is 19.5 Å². The third kappa shape index (κ3) is 3.05. The van der Waals surface area contributed by atoms with Crippen LogP contribution in [0.2, 0.25) is 0 Å². The highest BCUT2D eigenvalue weighted by Crippen LogP contribution is 2.27. The van der Waals surface area contributed by atoms with Gasteiger partial charge in [-0.15, -0.1) is 11.3 Å². The van der Waals surface area contributed by atoms with E-state index in [1.165, 1.54) is 22.2 Å². The molecule has 142 valence electrons. The Kier molecular flexibility index (Phi) is 4.64. The number of fused-ring (bicyclic) bond motifs is 2. The highest BCUT2D eigenvalue weighted by Gasteiger charge is 2.20. The average Bonchev–Trinajstić information content (AvgIpc) is 3.02. The van der Waals surface area contributed by atoms with Crippen molar-refractivity contribution in [2.24, 2.45) is 0 Å². The first-order valence-electron chi connectivity index (χ1n) is 8.87. The molecule has 0 saturated heterocycles. The number of ether oxygens (including phenoxy) is 1. The standard InChI is InChI=1S/C20H18N4O3S/c1-4-27-20(26)17-11(2)16-18(28-17)21-10-24(19(16)25)9-15-12(3)22-13-7-5-6-8-14(13)23-15/h5-8,10H,4,9H2,1-3H3. The molecule has 0 unspecified atom stereocenters. The number of nitrogens with zero attached hydrogens (tertiary/aromatic N) is 4. The van der Waals surface area contributed by atoms with Crippen molar-refractivity contribution in [3.8, 4) is 0 Å². The lowest BCUT2D eigenvalue weighted by molar-refractivity contribution is 0.0531. The maximum atomic E-state index is 13.1. The van der Waals surface area contributed by atoms with Crippen molar-refractivity contribution in [2.75, 3.05) is 6.61 Å². The van der Waals surface area contributed by atoms with E-state index in [-0.39, 0.29) is 18.7 Å². The summed E-state index contributed by atoms with van der Waals surface area (Å²) in [5.74, 6) is -0.426. The van der Waals surface area contributed by atoms with Crippen molar-refractivity contribution in [3.63, 3.8) is 0 Å². The van der Waals surface area contributed by atoms with Crippen LogP contribution in [0.3, 0.4) is 0 Å². The summed E-state index contributed by atoms with van der Waals surface area (Å²) in [5, 5.41) is 0.446. The van der Waals surface area contributed by atoms with Crippen LogP contribution in [0.1, 0.15) is 33.5 Å². The molecule has 3 aromatic heterocycles. The molecule has 3 heterocycles. The molecular formula is C20H18N4O3S. The van der Waals surface area contributed by atoms with Gasteiger partial charge in [0, 0.05) is 0 Å². The van der Waals surface area contributed by atoms with Crippen LogP contribution in [-0.4, -0.2) is 32.1 Å². The third-order valence-electron chi connectivity index (χ3n) is 4.54. The Balaban J connectivity index is 1.79. The minimum atomic E-state index is -0.426. The van der Waals surface area contributed by atoms with Gasteiger partial charge in [-0.3, -0.25) is 9.36 Å². The number of aryl methyl sites for hydroxylation is 2. The summed E-state index contributed by atoms with van der Waals surface area (Å²) < 4.78 is 6.58. The fourth-order valence-corrected chi connectivity index (χ4v) is 4.13. The summed E-state index contributed by atoms with van der Waals surface area (Å²) in [6.07, 6.45) is 1.49. The quantitative estimate of drug-likeness (QED) is 0.494. The van der Waals surface area contributed by atoms with E-state index in [0.717, 1.165) is 16.7 Å². The van der Waals surface area contributed by atoms with E-state index in [1.807, 2.05) is 31.2 Å². The SMILES string of the molecule is CCOC(=O)c1sc2ncn(Cc3nc4ccccc4nc3C)c(=O)c2c1C. The molecule has 1 aromatic carbocycles. The highest BCUT2D eigenvalue weighted by atomic mass is 32.1. The number of rotatable bonds is 4. The van der Waals surface area contributed by atoms with Gasteiger partial charge >= 0.3 is 5.97 Å². The predicted octanol–water partition coefficient (Wildman–Crippen LogP) is 3.24. The summed E-state index contributed by atoms with van der Waals surface area (Å²) in [5.41, 5.74) is 3.47. The number of hydrogen-bond donors (Lipinski definition) is 0. The number of para-hydroxylation sites is 2. The minimum absolute atomic E-state index is 0.205. The lowest BCUT2D eigenvalue weighted by Gasteiger charge is -2.09. The van der Waals surface area contributed by atoms with Crippen molar-refractivity contribution in [1.29, 1.82) is 0 Å². The van der Waals surface area contributed by atoms with Crippen molar-refractivity contribution < 1.29 is 9.53 Å². The van der Waals surface area contributed by atoms with E-state index in [2.05, 4.69) is 15.0 Å². The molecule has 4 rings (SSSR count). The lowest BCUT2D eigenvalue weighted by atomic mass is 10.2. The molecule has 8 heteroatoms. The zero-order valence-corrected chi connectivity index (χ0v) is 16.5. The van der Waals surface area contributed by atoms with E-state index in [0.29, 0.717) is 26.4 Å². The fourth-order valence-electron chi connectivity index (χ4n) is 3.10. The molecular weight excluding hydrogens is 376 g/mol. The van der Waals surface area contributed by atoms with Gasteiger partial charge in [0.05, 0.1) is 47.3 Å². The first kappa shape index (κ1) is 18.2. The molecule has 7 nitrogen and oxygen atoms in total. The van der Waals surface area contributed by atoms with Gasteiger partial charge in [0.15, 0.2) is 0 Å². The van der Waals surface area contributed by atoms with Gasteiger partial charge in [0.25, 0.3) is 5.56 Å². The fraction of sp³-hybridized carbons (Fsp3) is 0.250. The van der Waals surface area contributed by atoms with Crippen LogP contribution in [0, 0.1) is 13.8 Å². The van der Waals surface area contributed by atoms with Gasteiger partial charge in [0.1, 0.15) is 9.71 Å². The van der Waals surface area contributed by atoms with Crippen LogP contribution in [0.15, 0.2) is 35.4 Å². The number of carbonyl (C=O) groups excluding carboxylic acids is 1. The van der Waals surface area contributed by atoms with E-state index >= 15 is 0 Å². The summed E-state index contributed by atoms with van der Waals surface area (Å²) >= 11 is 1.18. The first-order valence-corrected chi connectivity index (χ1v) is 9.69. The van der Waals surface area contributed by atoms with Crippen molar-refractivity contribution >= 4 is 38.6 Å². The monoisotopic (exact) mass is 394 g/mol. The first-order chi connectivity index (χ1) is 13.5. The summed E-state index contributed by atoms with van der Waals surface area (Å²) in [6, 6.07) is 7.62. The molecule has 0 amide bonds. The predicted molar refractivity (Wildman–Crippen MR) is 108 cm³/mol. The molecule has 28 heavy (non-hydrogen) atoms. The van der Waals surface area contributed by atoms with Gasteiger partial charge in [-0.25, -0.2) is 19.7 Å². The highest BCUT2D eigenvalue weighted by molar-refractivity contribution is 7.20. The Hall–Kier alpha value is -3.13.